The zero-order chi connectivity index (χ0) is 8.10. The summed E-state index contributed by atoms with van der Waals surface area (Å²) in [5.74, 6) is 5.15. The third kappa shape index (κ3) is 1.90. The van der Waals surface area contributed by atoms with Crippen LogP contribution in [0.4, 0.5) is 0 Å². The van der Waals surface area contributed by atoms with Gasteiger partial charge in [-0.15, -0.1) is 0 Å². The minimum Gasteiger partial charge on any atom is -0.384 e. The molecule has 0 saturated carbocycles. The summed E-state index contributed by atoms with van der Waals surface area (Å²) in [6.45, 7) is -0.172. The first kappa shape index (κ1) is 7.99. The molecule has 0 aliphatic carbocycles. The molecule has 0 spiro atoms. The fourth-order valence-corrected chi connectivity index (χ4v) is 1.36. The molecule has 1 aromatic rings. The van der Waals surface area contributed by atoms with E-state index in [0.29, 0.717) is 11.1 Å². The van der Waals surface area contributed by atoms with E-state index in [0.717, 1.165) is 6.29 Å². The van der Waals surface area contributed by atoms with Crippen LogP contribution in [0, 0.1) is 11.8 Å². The normalized spacial score (nSPS) is 8.45. The Morgan fingerprint density at radius 3 is 3.09 bits per heavy atom. The van der Waals surface area contributed by atoms with Gasteiger partial charge in [0.1, 0.15) is 6.61 Å². The minimum atomic E-state index is -0.172. The van der Waals surface area contributed by atoms with Crippen LogP contribution in [0.2, 0.25) is 0 Å². The van der Waals surface area contributed by atoms with Crippen molar-refractivity contribution in [3.8, 4) is 11.8 Å². The van der Waals surface area contributed by atoms with Crippen LogP contribution in [-0.2, 0) is 0 Å². The summed E-state index contributed by atoms with van der Waals surface area (Å²) in [6.07, 6.45) is 0.762. The van der Waals surface area contributed by atoms with Crippen molar-refractivity contribution in [2.75, 3.05) is 6.61 Å². The van der Waals surface area contributed by atoms with Crippen molar-refractivity contribution in [2.24, 2.45) is 0 Å². The van der Waals surface area contributed by atoms with E-state index < -0.39 is 0 Å². The largest absolute Gasteiger partial charge is 0.384 e. The van der Waals surface area contributed by atoms with E-state index in [1.54, 1.807) is 10.8 Å². The van der Waals surface area contributed by atoms with Gasteiger partial charge < -0.3 is 5.11 Å². The van der Waals surface area contributed by atoms with Gasteiger partial charge in [0.15, 0.2) is 6.29 Å². The lowest BCUT2D eigenvalue weighted by Crippen LogP contribution is -1.79. The summed E-state index contributed by atoms with van der Waals surface area (Å²) in [7, 11) is 0. The van der Waals surface area contributed by atoms with Crippen LogP contribution < -0.4 is 0 Å². The molecule has 0 bridgehead atoms. The van der Waals surface area contributed by atoms with Gasteiger partial charge in [-0.05, 0) is 0 Å². The van der Waals surface area contributed by atoms with Gasteiger partial charge in [0.05, 0.1) is 0 Å². The summed E-state index contributed by atoms with van der Waals surface area (Å²) in [6, 6.07) is 0. The van der Waals surface area contributed by atoms with Crippen LogP contribution in [-0.4, -0.2) is 18.0 Å². The van der Waals surface area contributed by atoms with Crippen molar-refractivity contribution < 1.29 is 9.90 Å². The number of thiophene rings is 1. The molecule has 11 heavy (non-hydrogen) atoms. The van der Waals surface area contributed by atoms with Crippen molar-refractivity contribution in [1.29, 1.82) is 0 Å². The zero-order valence-electron chi connectivity index (χ0n) is 5.70. The first-order valence-corrected chi connectivity index (χ1v) is 3.94. The number of aliphatic hydroxyl groups is 1. The number of carbonyl (C=O) groups excluding carboxylic acids is 1. The van der Waals surface area contributed by atoms with Crippen molar-refractivity contribution in [1.82, 2.24) is 0 Å². The van der Waals surface area contributed by atoms with E-state index in [9.17, 15) is 4.79 Å². The lowest BCUT2D eigenvalue weighted by molar-refractivity contribution is 0.112. The van der Waals surface area contributed by atoms with E-state index in [1.807, 2.05) is 0 Å². The third-order valence-electron chi connectivity index (χ3n) is 1.12. The molecule has 0 fully saturated rings. The first-order chi connectivity index (χ1) is 5.38. The maximum Gasteiger partial charge on any atom is 0.152 e. The van der Waals surface area contributed by atoms with E-state index >= 15 is 0 Å². The van der Waals surface area contributed by atoms with Gasteiger partial charge in [-0.25, -0.2) is 0 Å². The Labute approximate surface area is 68.5 Å². The van der Waals surface area contributed by atoms with E-state index in [2.05, 4.69) is 11.8 Å². The SMILES string of the molecule is O=Cc1cscc1C#CCO. The molecule has 0 amide bonds. The van der Waals surface area contributed by atoms with Crippen LogP contribution in [0.3, 0.4) is 0 Å². The summed E-state index contributed by atoms with van der Waals surface area (Å²) in [5.41, 5.74) is 1.29. The molecule has 1 rings (SSSR count). The second kappa shape index (κ2) is 3.91. The smallest absolute Gasteiger partial charge is 0.152 e. The van der Waals surface area contributed by atoms with Gasteiger partial charge in [0, 0.05) is 21.9 Å². The molecular weight excluding hydrogens is 160 g/mol. The second-order valence-electron chi connectivity index (χ2n) is 1.82. The molecule has 0 aliphatic heterocycles. The molecule has 1 N–H and O–H groups in total. The highest BCUT2D eigenvalue weighted by molar-refractivity contribution is 7.08. The van der Waals surface area contributed by atoms with Crippen molar-refractivity contribution in [2.45, 2.75) is 0 Å². The number of hydrogen-bond acceptors (Lipinski definition) is 3. The Bertz CT molecular complexity index is 303. The second-order valence-corrected chi connectivity index (χ2v) is 2.56. The van der Waals surface area contributed by atoms with Crippen LogP contribution in [0.15, 0.2) is 10.8 Å². The van der Waals surface area contributed by atoms with Crippen LogP contribution in [0.5, 0.6) is 0 Å². The summed E-state index contributed by atoms with van der Waals surface area (Å²) >= 11 is 1.43. The quantitative estimate of drug-likeness (QED) is 0.497. The molecule has 1 aromatic heterocycles. The van der Waals surface area contributed by atoms with Crippen LogP contribution >= 0.6 is 11.3 Å². The molecule has 0 atom stereocenters. The molecule has 3 heteroatoms. The first-order valence-electron chi connectivity index (χ1n) is 2.99. The minimum absolute atomic E-state index is 0.172. The Hall–Kier alpha value is -1.11. The lowest BCUT2D eigenvalue weighted by Gasteiger charge is -1.81. The average Bonchev–Trinajstić information content (AvgIpc) is 2.47. The maximum atomic E-state index is 10.3. The van der Waals surface area contributed by atoms with Gasteiger partial charge in [0.25, 0.3) is 0 Å². The van der Waals surface area contributed by atoms with Gasteiger partial charge in [-0.3, -0.25) is 4.79 Å². The number of aliphatic hydroxyl groups excluding tert-OH is 1. The van der Waals surface area contributed by atoms with Crippen LogP contribution in [0.25, 0.3) is 0 Å². The monoisotopic (exact) mass is 166 g/mol. The Morgan fingerprint density at radius 1 is 1.64 bits per heavy atom. The van der Waals surface area contributed by atoms with Crippen LogP contribution in [0.1, 0.15) is 15.9 Å². The average molecular weight is 166 g/mol. The zero-order valence-corrected chi connectivity index (χ0v) is 6.52. The van der Waals surface area contributed by atoms with Gasteiger partial charge in [-0.1, -0.05) is 11.8 Å². The molecule has 0 aromatic carbocycles. The summed E-state index contributed by atoms with van der Waals surface area (Å²) in [5, 5.41) is 11.9. The van der Waals surface area contributed by atoms with Gasteiger partial charge in [-0.2, -0.15) is 11.3 Å². The molecular formula is C8H6O2S. The fraction of sp³-hybridized carbons (Fsp3) is 0.125. The molecule has 2 nitrogen and oxygen atoms in total. The van der Waals surface area contributed by atoms with E-state index in [-0.39, 0.29) is 6.61 Å². The lowest BCUT2D eigenvalue weighted by atomic mass is 10.2. The van der Waals surface area contributed by atoms with Gasteiger partial charge in [0.2, 0.25) is 0 Å². The third-order valence-corrected chi connectivity index (χ3v) is 1.88. The number of rotatable bonds is 1. The highest BCUT2D eigenvalue weighted by Gasteiger charge is 1.97. The summed E-state index contributed by atoms with van der Waals surface area (Å²) in [4.78, 5) is 10.3. The van der Waals surface area contributed by atoms with Gasteiger partial charge >= 0.3 is 0 Å². The predicted octanol–water partition coefficient (Wildman–Crippen LogP) is 0.904. The number of aldehydes is 1. The van der Waals surface area contributed by atoms with E-state index in [4.69, 9.17) is 5.11 Å². The predicted molar refractivity (Wildman–Crippen MR) is 43.7 cm³/mol. The molecule has 0 radical (unpaired) electrons. The highest BCUT2D eigenvalue weighted by atomic mass is 32.1. The highest BCUT2D eigenvalue weighted by Crippen LogP contribution is 2.10. The van der Waals surface area contributed by atoms with E-state index in [1.165, 1.54) is 11.3 Å². The van der Waals surface area contributed by atoms with Crippen molar-refractivity contribution in [3.63, 3.8) is 0 Å². The Balaban J connectivity index is 2.93. The standard InChI is InChI=1S/C8H6O2S/c9-3-1-2-7-5-11-6-8(7)4-10/h4-6,9H,3H2. The maximum absolute atomic E-state index is 10.3. The Kier molecular flexibility index (Phi) is 2.84. The molecule has 1 heterocycles. The Morgan fingerprint density at radius 2 is 2.45 bits per heavy atom. The van der Waals surface area contributed by atoms with Crippen molar-refractivity contribution >= 4 is 17.6 Å². The molecule has 0 saturated heterocycles. The fourth-order valence-electron chi connectivity index (χ4n) is 0.635. The molecule has 0 unspecified atom stereocenters. The van der Waals surface area contributed by atoms with Crippen molar-refractivity contribution in [3.05, 3.63) is 21.9 Å². The molecule has 56 valence electrons. The summed E-state index contributed by atoms with van der Waals surface area (Å²) < 4.78 is 0. The topological polar surface area (TPSA) is 37.3 Å². The molecule has 0 aliphatic rings. The number of carbonyl (C=O) groups is 1. The number of hydrogen-bond donors (Lipinski definition) is 1.